The molecule has 128 valence electrons. The van der Waals surface area contributed by atoms with Crippen molar-refractivity contribution in [2.45, 2.75) is 19.6 Å². The zero-order valence-corrected chi connectivity index (χ0v) is 15.9. The highest BCUT2D eigenvalue weighted by molar-refractivity contribution is 14.1. The van der Waals surface area contributed by atoms with Gasteiger partial charge in [0.2, 0.25) is 0 Å². The van der Waals surface area contributed by atoms with Crippen LogP contribution >= 0.6 is 34.2 Å². The van der Waals surface area contributed by atoms with Crippen LogP contribution in [-0.2, 0) is 23.8 Å². The third kappa shape index (κ3) is 3.99. The first-order valence-corrected chi connectivity index (χ1v) is 8.11. The van der Waals surface area contributed by atoms with Gasteiger partial charge in [-0.1, -0.05) is 11.6 Å². The van der Waals surface area contributed by atoms with E-state index in [1.807, 2.05) is 22.6 Å². The third-order valence-corrected chi connectivity index (χ3v) is 4.01. The van der Waals surface area contributed by atoms with Gasteiger partial charge in [-0.25, -0.2) is 14.4 Å². The minimum absolute atomic E-state index is 0.157. The summed E-state index contributed by atoms with van der Waals surface area (Å²) in [6.45, 7) is 2.90. The molecule has 2 rings (SSSR count). The fraction of sp³-hybridized carbons (Fsp3) is 0.267. The van der Waals surface area contributed by atoms with Gasteiger partial charge in [0.15, 0.2) is 5.57 Å². The van der Waals surface area contributed by atoms with E-state index in [1.54, 1.807) is 6.07 Å². The Balaban J connectivity index is 2.37. The van der Waals surface area contributed by atoms with E-state index in [2.05, 4.69) is 5.32 Å². The van der Waals surface area contributed by atoms with Gasteiger partial charge in [-0.05, 0) is 34.7 Å². The van der Waals surface area contributed by atoms with Gasteiger partial charge in [-0.2, -0.15) is 0 Å². The van der Waals surface area contributed by atoms with Crippen molar-refractivity contribution < 1.29 is 28.6 Å². The van der Waals surface area contributed by atoms with Crippen molar-refractivity contribution in [3.05, 3.63) is 38.1 Å². The summed E-state index contributed by atoms with van der Waals surface area (Å²) in [6.07, 6.45) is 1.12. The lowest BCUT2D eigenvalue weighted by molar-refractivity contribution is -0.222. The van der Waals surface area contributed by atoms with Gasteiger partial charge in [-0.3, -0.25) is 0 Å². The molecule has 1 aromatic rings. The van der Waals surface area contributed by atoms with Gasteiger partial charge in [0.1, 0.15) is 0 Å². The molecule has 1 aliphatic heterocycles. The van der Waals surface area contributed by atoms with Crippen molar-refractivity contribution in [2.24, 2.45) is 0 Å². The first-order valence-electron chi connectivity index (χ1n) is 6.65. The van der Waals surface area contributed by atoms with Gasteiger partial charge in [0.25, 0.3) is 5.79 Å². The molecular weight excluding hydrogens is 453 g/mol. The first kappa shape index (κ1) is 18.5. The Labute approximate surface area is 156 Å². The van der Waals surface area contributed by atoms with Crippen LogP contribution in [0.2, 0.25) is 5.02 Å². The number of esters is 3. The molecule has 1 aromatic carbocycles. The molecule has 0 aliphatic carbocycles. The van der Waals surface area contributed by atoms with Crippen molar-refractivity contribution in [2.75, 3.05) is 12.4 Å². The Morgan fingerprint density at radius 2 is 1.88 bits per heavy atom. The lowest BCUT2D eigenvalue weighted by Crippen LogP contribution is -2.42. The number of nitrogens with one attached hydrogen (secondary N) is 1. The standard InChI is InChI=1S/C15H13ClINO6/c1-15(2)23-13(20)9(14(21)24-15)6-18-11-8(12(19)22-3)4-7(16)5-10(11)17/h4-6,18H,1-3H3. The van der Waals surface area contributed by atoms with Crippen LogP contribution < -0.4 is 5.32 Å². The number of anilines is 1. The number of benzene rings is 1. The number of cyclic esters (lactones) is 2. The molecule has 0 atom stereocenters. The second-order valence-corrected chi connectivity index (χ2v) is 6.78. The normalized spacial score (nSPS) is 16.1. The predicted octanol–water partition coefficient (Wildman–Crippen LogP) is 2.86. The highest BCUT2D eigenvalue weighted by Crippen LogP contribution is 2.29. The fourth-order valence-electron chi connectivity index (χ4n) is 1.91. The Hall–Kier alpha value is -1.81. The summed E-state index contributed by atoms with van der Waals surface area (Å²) < 4.78 is 15.3. The molecule has 0 amide bonds. The number of carbonyl (C=O) groups is 3. The quantitative estimate of drug-likeness (QED) is 0.318. The predicted molar refractivity (Wildman–Crippen MR) is 93.5 cm³/mol. The van der Waals surface area contributed by atoms with E-state index in [4.69, 9.17) is 25.8 Å². The molecule has 9 heteroatoms. The smallest absolute Gasteiger partial charge is 0.350 e. The monoisotopic (exact) mass is 465 g/mol. The molecular formula is C15H13ClINO6. The maximum Gasteiger partial charge on any atom is 0.350 e. The van der Waals surface area contributed by atoms with Crippen LogP contribution in [-0.4, -0.2) is 30.8 Å². The number of rotatable bonds is 3. The van der Waals surface area contributed by atoms with Crippen LogP contribution in [0, 0.1) is 3.57 Å². The second-order valence-electron chi connectivity index (χ2n) is 5.18. The number of methoxy groups -OCH3 is 1. The van der Waals surface area contributed by atoms with E-state index in [1.165, 1.54) is 27.0 Å². The molecule has 0 bridgehead atoms. The fourth-order valence-corrected chi connectivity index (χ4v) is 3.10. The number of hydrogen-bond acceptors (Lipinski definition) is 7. The van der Waals surface area contributed by atoms with E-state index < -0.39 is 23.7 Å². The van der Waals surface area contributed by atoms with Crippen LogP contribution in [0.3, 0.4) is 0 Å². The molecule has 7 nitrogen and oxygen atoms in total. The minimum Gasteiger partial charge on any atom is -0.465 e. The van der Waals surface area contributed by atoms with Gasteiger partial charge < -0.3 is 19.5 Å². The Morgan fingerprint density at radius 1 is 1.29 bits per heavy atom. The van der Waals surface area contributed by atoms with E-state index in [0.717, 1.165) is 6.20 Å². The van der Waals surface area contributed by atoms with Gasteiger partial charge in [0.05, 0.1) is 18.4 Å². The summed E-state index contributed by atoms with van der Waals surface area (Å²) in [6, 6.07) is 3.02. The van der Waals surface area contributed by atoms with E-state index in [-0.39, 0.29) is 11.1 Å². The third-order valence-electron chi connectivity index (χ3n) is 2.94. The van der Waals surface area contributed by atoms with Crippen LogP contribution in [0.5, 0.6) is 0 Å². The number of ether oxygens (including phenoxy) is 3. The van der Waals surface area contributed by atoms with Crippen molar-refractivity contribution in [1.82, 2.24) is 0 Å². The maximum absolute atomic E-state index is 11.9. The zero-order valence-electron chi connectivity index (χ0n) is 12.9. The molecule has 0 spiro atoms. The summed E-state index contributed by atoms with van der Waals surface area (Å²) in [4.78, 5) is 35.7. The van der Waals surface area contributed by atoms with E-state index >= 15 is 0 Å². The minimum atomic E-state index is -1.32. The molecule has 1 saturated heterocycles. The Bertz CT molecular complexity index is 737. The first-order chi connectivity index (χ1) is 11.1. The molecule has 0 saturated carbocycles. The topological polar surface area (TPSA) is 90.9 Å². The average Bonchev–Trinajstić information content (AvgIpc) is 2.45. The van der Waals surface area contributed by atoms with E-state index in [9.17, 15) is 14.4 Å². The van der Waals surface area contributed by atoms with E-state index in [0.29, 0.717) is 14.3 Å². The van der Waals surface area contributed by atoms with Crippen molar-refractivity contribution in [1.29, 1.82) is 0 Å². The Morgan fingerprint density at radius 3 is 2.42 bits per heavy atom. The lowest BCUT2D eigenvalue weighted by Gasteiger charge is -2.29. The van der Waals surface area contributed by atoms with Crippen molar-refractivity contribution >= 4 is 57.8 Å². The van der Waals surface area contributed by atoms with Crippen LogP contribution in [0.25, 0.3) is 0 Å². The molecule has 1 fully saturated rings. The average molecular weight is 466 g/mol. The van der Waals surface area contributed by atoms with Gasteiger partial charge in [-0.15, -0.1) is 0 Å². The molecule has 0 unspecified atom stereocenters. The molecule has 1 N–H and O–H groups in total. The summed E-state index contributed by atoms with van der Waals surface area (Å²) >= 11 is 7.90. The van der Waals surface area contributed by atoms with Crippen molar-refractivity contribution in [3.8, 4) is 0 Å². The van der Waals surface area contributed by atoms with Gasteiger partial charge >= 0.3 is 17.9 Å². The summed E-state index contributed by atoms with van der Waals surface area (Å²) in [5.41, 5.74) is 0.171. The molecule has 1 aliphatic rings. The second kappa shape index (κ2) is 6.98. The SMILES string of the molecule is COC(=O)c1cc(Cl)cc(I)c1NC=C1C(=O)OC(C)(C)OC1=O. The molecule has 24 heavy (non-hydrogen) atoms. The number of hydrogen-bond donors (Lipinski definition) is 1. The van der Waals surface area contributed by atoms with Crippen LogP contribution in [0.4, 0.5) is 5.69 Å². The highest BCUT2D eigenvalue weighted by atomic mass is 127. The highest BCUT2D eigenvalue weighted by Gasteiger charge is 2.39. The van der Waals surface area contributed by atoms with Crippen LogP contribution in [0.15, 0.2) is 23.9 Å². The maximum atomic E-state index is 11.9. The summed E-state index contributed by atoms with van der Waals surface area (Å²) in [5, 5.41) is 3.09. The molecule has 0 aromatic heterocycles. The molecule has 1 heterocycles. The number of carbonyl (C=O) groups excluding carboxylic acids is 3. The summed E-state index contributed by atoms with van der Waals surface area (Å²) in [7, 11) is 1.23. The number of halogens is 2. The van der Waals surface area contributed by atoms with Crippen molar-refractivity contribution in [3.63, 3.8) is 0 Å². The zero-order chi connectivity index (χ0) is 18.1. The summed E-state index contributed by atoms with van der Waals surface area (Å²) in [5.74, 6) is -3.59. The largest absolute Gasteiger partial charge is 0.465 e. The van der Waals surface area contributed by atoms with Gasteiger partial charge in [0, 0.05) is 28.6 Å². The Kier molecular flexibility index (Phi) is 5.38. The lowest BCUT2D eigenvalue weighted by atomic mass is 10.1. The molecule has 0 radical (unpaired) electrons. The van der Waals surface area contributed by atoms with Crippen LogP contribution in [0.1, 0.15) is 24.2 Å².